The lowest BCUT2D eigenvalue weighted by atomic mass is 9.93. The molecule has 1 N–H and O–H groups in total. The van der Waals surface area contributed by atoms with Crippen LogP contribution in [0, 0.1) is 5.92 Å². The van der Waals surface area contributed by atoms with E-state index in [2.05, 4.69) is 31.1 Å². The first-order valence-electron chi connectivity index (χ1n) is 5.07. The Labute approximate surface area is 94.9 Å². The van der Waals surface area contributed by atoms with Gasteiger partial charge in [0, 0.05) is 16.7 Å². The fourth-order valence-corrected chi connectivity index (χ4v) is 1.87. The van der Waals surface area contributed by atoms with Crippen molar-refractivity contribution < 1.29 is 4.79 Å². The Morgan fingerprint density at radius 3 is 2.47 bits per heavy atom. The molecule has 0 fully saturated rings. The highest BCUT2D eigenvalue weighted by atomic mass is 32.1. The summed E-state index contributed by atoms with van der Waals surface area (Å²) in [6.07, 6.45) is 0. The van der Waals surface area contributed by atoms with E-state index >= 15 is 0 Å². The summed E-state index contributed by atoms with van der Waals surface area (Å²) in [6, 6.07) is 0. The predicted octanol–water partition coefficient (Wildman–Crippen LogP) is 3.04. The quantitative estimate of drug-likeness (QED) is 0.842. The zero-order valence-corrected chi connectivity index (χ0v) is 10.7. The maximum absolute atomic E-state index is 11.4. The minimum absolute atomic E-state index is 0.00742. The van der Waals surface area contributed by atoms with Gasteiger partial charge < -0.3 is 5.32 Å². The first-order valence-corrected chi connectivity index (χ1v) is 5.95. The highest BCUT2D eigenvalue weighted by Crippen LogP contribution is 2.26. The summed E-state index contributed by atoms with van der Waals surface area (Å²) < 4.78 is 0. The van der Waals surface area contributed by atoms with Crippen LogP contribution in [0.5, 0.6) is 0 Å². The van der Waals surface area contributed by atoms with Crippen molar-refractivity contribution in [2.24, 2.45) is 5.92 Å². The van der Waals surface area contributed by atoms with E-state index < -0.39 is 0 Å². The van der Waals surface area contributed by atoms with Gasteiger partial charge in [0.15, 0.2) is 5.13 Å². The van der Waals surface area contributed by atoms with Crippen molar-refractivity contribution >= 4 is 22.4 Å². The van der Waals surface area contributed by atoms with E-state index in [0.29, 0.717) is 5.13 Å². The van der Waals surface area contributed by atoms with Crippen LogP contribution in [-0.4, -0.2) is 10.9 Å². The summed E-state index contributed by atoms with van der Waals surface area (Å²) in [7, 11) is 0. The molecule has 0 spiro atoms. The first-order chi connectivity index (χ1) is 6.80. The molecule has 15 heavy (non-hydrogen) atoms. The number of rotatable bonds is 2. The predicted molar refractivity (Wildman–Crippen MR) is 64.3 cm³/mol. The van der Waals surface area contributed by atoms with Crippen LogP contribution in [0.4, 0.5) is 5.13 Å². The average Bonchev–Trinajstić information content (AvgIpc) is 2.51. The second-order valence-corrected chi connectivity index (χ2v) is 5.79. The molecule has 3 nitrogen and oxygen atoms in total. The third kappa shape index (κ3) is 3.30. The molecule has 0 aromatic carbocycles. The smallest absolute Gasteiger partial charge is 0.228 e. The zero-order chi connectivity index (χ0) is 11.6. The Hall–Kier alpha value is -0.900. The van der Waals surface area contributed by atoms with Crippen molar-refractivity contribution in [1.29, 1.82) is 0 Å². The molecule has 1 aromatic heterocycles. The SMILES string of the molecule is CC(C)C(=O)Nc1nc(C(C)(C)C)cs1. The van der Waals surface area contributed by atoms with E-state index in [1.54, 1.807) is 0 Å². The lowest BCUT2D eigenvalue weighted by Gasteiger charge is -2.14. The number of hydrogen-bond acceptors (Lipinski definition) is 3. The van der Waals surface area contributed by atoms with Crippen molar-refractivity contribution in [2.75, 3.05) is 5.32 Å². The Bertz CT molecular complexity index is 350. The van der Waals surface area contributed by atoms with E-state index in [0.717, 1.165) is 5.69 Å². The van der Waals surface area contributed by atoms with Gasteiger partial charge in [0.05, 0.1) is 5.69 Å². The minimum atomic E-state index is -0.00742. The van der Waals surface area contributed by atoms with Crippen molar-refractivity contribution in [3.63, 3.8) is 0 Å². The molecule has 1 heterocycles. The maximum Gasteiger partial charge on any atom is 0.228 e. The largest absolute Gasteiger partial charge is 0.302 e. The molecule has 1 rings (SSSR count). The molecule has 0 saturated heterocycles. The number of nitrogens with one attached hydrogen (secondary N) is 1. The Kier molecular flexibility index (Phi) is 3.50. The molecule has 1 amide bonds. The van der Waals surface area contributed by atoms with Gasteiger partial charge in [-0.2, -0.15) is 0 Å². The topological polar surface area (TPSA) is 42.0 Å². The van der Waals surface area contributed by atoms with E-state index in [-0.39, 0.29) is 17.2 Å². The lowest BCUT2D eigenvalue weighted by molar-refractivity contribution is -0.118. The summed E-state index contributed by atoms with van der Waals surface area (Å²) in [6.45, 7) is 10.1. The molecule has 0 aliphatic rings. The van der Waals surface area contributed by atoms with E-state index in [4.69, 9.17) is 0 Å². The molecule has 0 aliphatic carbocycles. The monoisotopic (exact) mass is 226 g/mol. The van der Waals surface area contributed by atoms with Crippen LogP contribution in [0.25, 0.3) is 0 Å². The van der Waals surface area contributed by atoms with Gasteiger partial charge >= 0.3 is 0 Å². The first kappa shape index (κ1) is 12.2. The van der Waals surface area contributed by atoms with Gasteiger partial charge in [0.25, 0.3) is 0 Å². The average molecular weight is 226 g/mol. The van der Waals surface area contributed by atoms with Gasteiger partial charge in [0.1, 0.15) is 0 Å². The molecule has 84 valence electrons. The van der Waals surface area contributed by atoms with Crippen molar-refractivity contribution in [2.45, 2.75) is 40.0 Å². The molecule has 0 radical (unpaired) electrons. The summed E-state index contributed by atoms with van der Waals surface area (Å²) in [5.41, 5.74) is 1.06. The third-order valence-electron chi connectivity index (χ3n) is 2.03. The Balaban J connectivity index is 2.73. The number of thiazole rings is 1. The second-order valence-electron chi connectivity index (χ2n) is 4.93. The molecule has 0 atom stereocenters. The molecular weight excluding hydrogens is 208 g/mol. The van der Waals surface area contributed by atoms with E-state index in [1.807, 2.05) is 19.2 Å². The Morgan fingerprint density at radius 1 is 1.47 bits per heavy atom. The van der Waals surface area contributed by atoms with Crippen LogP contribution >= 0.6 is 11.3 Å². The highest BCUT2D eigenvalue weighted by molar-refractivity contribution is 7.13. The van der Waals surface area contributed by atoms with Crippen LogP contribution < -0.4 is 5.32 Å². The second kappa shape index (κ2) is 4.31. The number of carbonyl (C=O) groups excluding carboxylic acids is 1. The van der Waals surface area contributed by atoms with Crippen molar-refractivity contribution in [3.8, 4) is 0 Å². The molecule has 1 aromatic rings. The third-order valence-corrected chi connectivity index (χ3v) is 2.78. The number of carbonyl (C=O) groups is 1. The molecule has 0 bridgehead atoms. The van der Waals surface area contributed by atoms with Gasteiger partial charge in [-0.1, -0.05) is 34.6 Å². The van der Waals surface area contributed by atoms with Crippen LogP contribution in [0.1, 0.15) is 40.3 Å². The van der Waals surface area contributed by atoms with Crippen LogP contribution in [-0.2, 0) is 10.2 Å². The van der Waals surface area contributed by atoms with Gasteiger partial charge in [-0.3, -0.25) is 4.79 Å². The molecule has 0 saturated carbocycles. The minimum Gasteiger partial charge on any atom is -0.302 e. The number of nitrogens with zero attached hydrogens (tertiary/aromatic N) is 1. The van der Waals surface area contributed by atoms with Gasteiger partial charge in [0.2, 0.25) is 5.91 Å². The maximum atomic E-state index is 11.4. The molecule has 0 unspecified atom stereocenters. The normalized spacial score (nSPS) is 11.9. The molecule has 4 heteroatoms. The van der Waals surface area contributed by atoms with Gasteiger partial charge in [-0.25, -0.2) is 4.98 Å². The highest BCUT2D eigenvalue weighted by Gasteiger charge is 2.18. The lowest BCUT2D eigenvalue weighted by Crippen LogP contribution is -2.18. The summed E-state index contributed by atoms with van der Waals surface area (Å²) >= 11 is 1.48. The number of amides is 1. The van der Waals surface area contributed by atoms with E-state index in [9.17, 15) is 4.79 Å². The summed E-state index contributed by atoms with van der Waals surface area (Å²) in [4.78, 5) is 15.8. The fourth-order valence-electron chi connectivity index (χ4n) is 0.925. The van der Waals surface area contributed by atoms with Crippen LogP contribution in [0.2, 0.25) is 0 Å². The van der Waals surface area contributed by atoms with E-state index in [1.165, 1.54) is 11.3 Å². The number of hydrogen-bond donors (Lipinski definition) is 1. The van der Waals surface area contributed by atoms with Crippen molar-refractivity contribution in [1.82, 2.24) is 4.98 Å². The van der Waals surface area contributed by atoms with Gasteiger partial charge in [-0.05, 0) is 0 Å². The number of anilines is 1. The standard InChI is InChI=1S/C11H18N2OS/c1-7(2)9(14)13-10-12-8(6-15-10)11(3,4)5/h6-7H,1-5H3,(H,12,13,14). The van der Waals surface area contributed by atoms with Crippen molar-refractivity contribution in [3.05, 3.63) is 11.1 Å². The fraction of sp³-hybridized carbons (Fsp3) is 0.636. The number of aromatic nitrogens is 1. The summed E-state index contributed by atoms with van der Waals surface area (Å²) in [5.74, 6) is 0.0109. The molecular formula is C11H18N2OS. The zero-order valence-electron chi connectivity index (χ0n) is 9.92. The summed E-state index contributed by atoms with van der Waals surface area (Å²) in [5, 5.41) is 5.49. The Morgan fingerprint density at radius 2 is 2.07 bits per heavy atom. The van der Waals surface area contributed by atoms with Gasteiger partial charge in [-0.15, -0.1) is 11.3 Å². The molecule has 0 aliphatic heterocycles. The van der Waals surface area contributed by atoms with Crippen LogP contribution in [0.15, 0.2) is 5.38 Å². The van der Waals surface area contributed by atoms with Crippen LogP contribution in [0.3, 0.4) is 0 Å².